The molecule has 2 aliphatic rings. The predicted octanol–water partition coefficient (Wildman–Crippen LogP) is 0.895. The Morgan fingerprint density at radius 3 is 2.86 bits per heavy atom. The summed E-state index contributed by atoms with van der Waals surface area (Å²) in [5.74, 6) is 0.571. The molecule has 1 aliphatic heterocycles. The van der Waals surface area contributed by atoms with Crippen molar-refractivity contribution in [3.8, 4) is 0 Å². The molecular weight excluding hydrogens is 180 g/mol. The summed E-state index contributed by atoms with van der Waals surface area (Å²) in [6.07, 6.45) is 7.15. The number of nitrogens with zero attached hydrogens (tertiary/aromatic N) is 1. The van der Waals surface area contributed by atoms with E-state index in [2.05, 4.69) is 11.4 Å². The minimum atomic E-state index is -0.262. The molecule has 1 heterocycles. The number of amides is 3. The largest absolute Gasteiger partial charge is 0.324 e. The first-order valence-corrected chi connectivity index (χ1v) is 5.01. The van der Waals surface area contributed by atoms with Crippen LogP contribution in [-0.4, -0.2) is 29.9 Å². The monoisotopic (exact) mass is 194 g/mol. The molecule has 1 saturated heterocycles. The third kappa shape index (κ3) is 2.34. The van der Waals surface area contributed by atoms with Crippen molar-refractivity contribution in [2.75, 3.05) is 13.1 Å². The second-order valence-corrected chi connectivity index (χ2v) is 3.81. The molecule has 0 unspecified atom stereocenters. The van der Waals surface area contributed by atoms with E-state index in [0.717, 1.165) is 5.92 Å². The molecule has 3 amide bonds. The van der Waals surface area contributed by atoms with Crippen LogP contribution in [0.5, 0.6) is 0 Å². The lowest BCUT2D eigenvalue weighted by Crippen LogP contribution is -2.49. The van der Waals surface area contributed by atoms with Gasteiger partial charge in [0.2, 0.25) is 5.91 Å². The highest BCUT2D eigenvalue weighted by Crippen LogP contribution is 2.29. The number of carbonyl (C=O) groups excluding carboxylic acids is 2. The zero-order chi connectivity index (χ0) is 9.97. The number of nitrogens with one attached hydrogen (secondary N) is 1. The fourth-order valence-corrected chi connectivity index (χ4v) is 1.44. The van der Waals surface area contributed by atoms with Crippen LogP contribution in [-0.2, 0) is 4.79 Å². The summed E-state index contributed by atoms with van der Waals surface area (Å²) in [6, 6.07) is -0.262. The fourth-order valence-electron chi connectivity index (χ4n) is 1.44. The Hall–Kier alpha value is -1.32. The van der Waals surface area contributed by atoms with E-state index in [1.165, 1.54) is 12.8 Å². The van der Waals surface area contributed by atoms with Gasteiger partial charge < -0.3 is 4.90 Å². The van der Waals surface area contributed by atoms with Gasteiger partial charge in [-0.3, -0.25) is 10.1 Å². The minimum absolute atomic E-state index is 0.169. The molecule has 0 aromatic heterocycles. The van der Waals surface area contributed by atoms with Crippen molar-refractivity contribution in [1.82, 2.24) is 10.2 Å². The summed E-state index contributed by atoms with van der Waals surface area (Å²) in [7, 11) is 0. The molecule has 0 aromatic rings. The predicted molar refractivity (Wildman–Crippen MR) is 51.6 cm³/mol. The fraction of sp³-hybridized carbons (Fsp3) is 0.600. The molecule has 0 bridgehead atoms. The standard InChI is InChI=1S/C10H14N2O2/c13-9-5-7-12(10(14)11-9)6-1-2-8-3-4-8/h1-2,8H,3-7H2,(H,11,13,14)/b2-1+. The Kier molecular flexibility index (Phi) is 2.52. The van der Waals surface area contributed by atoms with Crippen LogP contribution in [0, 0.1) is 5.92 Å². The molecular formula is C10H14N2O2. The molecule has 0 radical (unpaired) electrons. The summed E-state index contributed by atoms with van der Waals surface area (Å²) < 4.78 is 0. The second kappa shape index (κ2) is 3.82. The van der Waals surface area contributed by atoms with E-state index in [1.807, 2.05) is 6.08 Å². The summed E-state index contributed by atoms with van der Waals surface area (Å²) in [6.45, 7) is 1.16. The van der Waals surface area contributed by atoms with Gasteiger partial charge in [0, 0.05) is 19.5 Å². The van der Waals surface area contributed by atoms with Gasteiger partial charge in [0.25, 0.3) is 0 Å². The summed E-state index contributed by atoms with van der Waals surface area (Å²) in [5.41, 5.74) is 0. The molecule has 0 aromatic carbocycles. The van der Waals surface area contributed by atoms with Crippen molar-refractivity contribution in [1.29, 1.82) is 0 Å². The molecule has 1 N–H and O–H groups in total. The van der Waals surface area contributed by atoms with Gasteiger partial charge >= 0.3 is 6.03 Å². The maximum Gasteiger partial charge on any atom is 0.324 e. The van der Waals surface area contributed by atoms with E-state index in [9.17, 15) is 9.59 Å². The Labute approximate surface area is 83.0 Å². The van der Waals surface area contributed by atoms with Crippen molar-refractivity contribution in [3.05, 3.63) is 12.2 Å². The quantitative estimate of drug-likeness (QED) is 0.678. The zero-order valence-corrected chi connectivity index (χ0v) is 8.03. The molecule has 1 aliphatic carbocycles. The highest BCUT2D eigenvalue weighted by Gasteiger charge is 2.22. The van der Waals surface area contributed by atoms with E-state index in [0.29, 0.717) is 19.5 Å². The van der Waals surface area contributed by atoms with Gasteiger partial charge in [-0.2, -0.15) is 0 Å². The maximum atomic E-state index is 11.3. The summed E-state index contributed by atoms with van der Waals surface area (Å²) >= 11 is 0. The van der Waals surface area contributed by atoms with Gasteiger partial charge in [-0.05, 0) is 18.8 Å². The van der Waals surface area contributed by atoms with Crippen LogP contribution in [0.4, 0.5) is 4.79 Å². The molecule has 0 spiro atoms. The van der Waals surface area contributed by atoms with E-state index >= 15 is 0 Å². The minimum Gasteiger partial charge on any atom is -0.320 e. The molecule has 1 saturated carbocycles. The number of carbonyl (C=O) groups is 2. The summed E-state index contributed by atoms with van der Waals surface area (Å²) in [4.78, 5) is 23.7. The van der Waals surface area contributed by atoms with Gasteiger partial charge in [0.05, 0.1) is 0 Å². The molecule has 0 atom stereocenters. The van der Waals surface area contributed by atoms with E-state index < -0.39 is 0 Å². The second-order valence-electron chi connectivity index (χ2n) is 3.81. The average Bonchev–Trinajstić information content (AvgIpc) is 2.92. The molecule has 14 heavy (non-hydrogen) atoms. The van der Waals surface area contributed by atoms with E-state index in [4.69, 9.17) is 0 Å². The number of rotatable bonds is 3. The SMILES string of the molecule is O=C1CCN(C/C=C/C2CC2)C(=O)N1. The Balaban J connectivity index is 1.79. The summed E-state index contributed by atoms with van der Waals surface area (Å²) in [5, 5.41) is 2.30. The number of imide groups is 1. The van der Waals surface area contributed by atoms with Gasteiger partial charge in [0.1, 0.15) is 0 Å². The lowest BCUT2D eigenvalue weighted by molar-refractivity contribution is -0.121. The first kappa shape index (κ1) is 9.24. The van der Waals surface area contributed by atoms with Crippen molar-refractivity contribution in [3.63, 3.8) is 0 Å². The van der Waals surface area contributed by atoms with Crippen LogP contribution in [0.1, 0.15) is 19.3 Å². The van der Waals surface area contributed by atoms with Crippen LogP contribution in [0.3, 0.4) is 0 Å². The highest BCUT2D eigenvalue weighted by atomic mass is 16.2. The number of hydrogen-bond acceptors (Lipinski definition) is 2. The maximum absolute atomic E-state index is 11.3. The number of allylic oxidation sites excluding steroid dienone is 1. The topological polar surface area (TPSA) is 49.4 Å². The van der Waals surface area contributed by atoms with Crippen LogP contribution >= 0.6 is 0 Å². The Morgan fingerprint density at radius 1 is 1.43 bits per heavy atom. The lowest BCUT2D eigenvalue weighted by Gasteiger charge is -2.25. The Morgan fingerprint density at radius 2 is 2.21 bits per heavy atom. The molecule has 4 nitrogen and oxygen atoms in total. The van der Waals surface area contributed by atoms with Crippen LogP contribution in [0.2, 0.25) is 0 Å². The highest BCUT2D eigenvalue weighted by molar-refractivity contribution is 5.96. The van der Waals surface area contributed by atoms with Gasteiger partial charge in [0.15, 0.2) is 0 Å². The molecule has 2 rings (SSSR count). The average molecular weight is 194 g/mol. The molecule has 4 heteroatoms. The van der Waals surface area contributed by atoms with Crippen molar-refractivity contribution in [2.45, 2.75) is 19.3 Å². The van der Waals surface area contributed by atoms with Gasteiger partial charge in [-0.15, -0.1) is 0 Å². The van der Waals surface area contributed by atoms with Crippen LogP contribution in [0.25, 0.3) is 0 Å². The van der Waals surface area contributed by atoms with Gasteiger partial charge in [-0.25, -0.2) is 4.79 Å². The third-order valence-corrected chi connectivity index (χ3v) is 2.50. The third-order valence-electron chi connectivity index (χ3n) is 2.50. The van der Waals surface area contributed by atoms with Crippen LogP contribution < -0.4 is 5.32 Å². The lowest BCUT2D eigenvalue weighted by atomic mass is 10.3. The molecule has 76 valence electrons. The Bertz CT molecular complexity index is 282. The van der Waals surface area contributed by atoms with Crippen LogP contribution in [0.15, 0.2) is 12.2 Å². The van der Waals surface area contributed by atoms with Crippen molar-refractivity contribution < 1.29 is 9.59 Å². The number of hydrogen-bond donors (Lipinski definition) is 1. The van der Waals surface area contributed by atoms with E-state index in [-0.39, 0.29) is 11.9 Å². The normalized spacial score (nSPS) is 23.0. The zero-order valence-electron chi connectivity index (χ0n) is 8.03. The first-order valence-electron chi connectivity index (χ1n) is 5.01. The first-order chi connectivity index (χ1) is 6.75. The molecule has 2 fully saturated rings. The van der Waals surface area contributed by atoms with E-state index in [1.54, 1.807) is 4.90 Å². The number of urea groups is 1. The smallest absolute Gasteiger partial charge is 0.320 e. The van der Waals surface area contributed by atoms with Crippen molar-refractivity contribution in [2.24, 2.45) is 5.92 Å². The van der Waals surface area contributed by atoms with Gasteiger partial charge in [-0.1, -0.05) is 12.2 Å². The van der Waals surface area contributed by atoms with Crippen molar-refractivity contribution >= 4 is 11.9 Å².